The normalized spacial score (nSPS) is 22.4. The summed E-state index contributed by atoms with van der Waals surface area (Å²) >= 11 is 0. The van der Waals surface area contributed by atoms with Crippen molar-refractivity contribution < 1.29 is 18.6 Å². The van der Waals surface area contributed by atoms with Gasteiger partial charge >= 0.3 is 0 Å². The lowest BCUT2D eigenvalue weighted by molar-refractivity contribution is 0.101. The molecule has 6 nitrogen and oxygen atoms in total. The van der Waals surface area contributed by atoms with E-state index in [1.807, 2.05) is 0 Å². The average Bonchev–Trinajstić information content (AvgIpc) is 2.48. The van der Waals surface area contributed by atoms with Crippen LogP contribution in [-0.2, 0) is 10.0 Å². The maximum atomic E-state index is 12.3. The molecule has 0 saturated heterocycles. The van der Waals surface area contributed by atoms with Crippen molar-refractivity contribution in [3.8, 4) is 11.8 Å². The van der Waals surface area contributed by atoms with Crippen molar-refractivity contribution in [2.24, 2.45) is 0 Å². The third-order valence-electron chi connectivity index (χ3n) is 3.37. The molecule has 3 N–H and O–H groups in total. The Morgan fingerprint density at radius 3 is 2.81 bits per heavy atom. The highest BCUT2D eigenvalue weighted by Gasteiger charge is 2.28. The molecule has 1 saturated carbocycles. The van der Waals surface area contributed by atoms with E-state index in [4.69, 9.17) is 5.11 Å². The van der Waals surface area contributed by atoms with E-state index < -0.39 is 22.2 Å². The fourth-order valence-corrected chi connectivity index (χ4v) is 3.58. The van der Waals surface area contributed by atoms with Gasteiger partial charge < -0.3 is 10.2 Å². The molecule has 1 aromatic rings. The van der Waals surface area contributed by atoms with Crippen LogP contribution in [0.3, 0.4) is 0 Å². The predicted octanol–water partition coefficient (Wildman–Crippen LogP) is 0.00720. The second-order valence-corrected chi connectivity index (χ2v) is 6.66. The molecule has 114 valence electrons. The summed E-state index contributed by atoms with van der Waals surface area (Å²) < 4.78 is 27.2. The summed E-state index contributed by atoms with van der Waals surface area (Å²) in [6.45, 7) is -0.302. The van der Waals surface area contributed by atoms with Gasteiger partial charge in [0.25, 0.3) is 0 Å². The lowest BCUT2D eigenvalue weighted by Gasteiger charge is -2.28. The molecule has 0 aliphatic heterocycles. The van der Waals surface area contributed by atoms with Gasteiger partial charge in [-0.15, -0.1) is 0 Å². The topological polar surface area (TPSA) is 99.5 Å². The van der Waals surface area contributed by atoms with Crippen LogP contribution >= 0.6 is 0 Å². The van der Waals surface area contributed by atoms with E-state index >= 15 is 0 Å². The minimum Gasteiger partial charge on any atom is -0.391 e. The van der Waals surface area contributed by atoms with Crippen LogP contribution in [0.2, 0.25) is 0 Å². The van der Waals surface area contributed by atoms with Gasteiger partial charge in [0, 0.05) is 24.0 Å². The van der Waals surface area contributed by atoms with Gasteiger partial charge in [-0.05, 0) is 18.9 Å². The van der Waals surface area contributed by atoms with Gasteiger partial charge in [-0.1, -0.05) is 24.7 Å². The Kier molecular flexibility index (Phi) is 5.31. The summed E-state index contributed by atoms with van der Waals surface area (Å²) in [7, 11) is -3.74. The Morgan fingerprint density at radius 1 is 1.33 bits per heavy atom. The lowest BCUT2D eigenvalue weighted by Crippen LogP contribution is -2.44. The summed E-state index contributed by atoms with van der Waals surface area (Å²) in [4.78, 5) is 3.85. The zero-order chi connectivity index (χ0) is 15.3. The van der Waals surface area contributed by atoms with E-state index in [1.54, 1.807) is 0 Å². The molecule has 1 fully saturated rings. The quantitative estimate of drug-likeness (QED) is 0.683. The predicted molar refractivity (Wildman–Crippen MR) is 76.8 cm³/mol. The number of hydrogen-bond acceptors (Lipinski definition) is 5. The summed E-state index contributed by atoms with van der Waals surface area (Å²) in [5, 5.41) is 18.5. The summed E-state index contributed by atoms with van der Waals surface area (Å²) in [5.74, 6) is 5.06. The molecule has 21 heavy (non-hydrogen) atoms. The lowest BCUT2D eigenvalue weighted by atomic mass is 9.93. The first kappa shape index (κ1) is 15.9. The smallest absolute Gasteiger partial charge is 0.242 e. The number of nitrogens with zero attached hydrogens (tertiary/aromatic N) is 1. The van der Waals surface area contributed by atoms with E-state index in [-0.39, 0.29) is 11.5 Å². The standard InChI is InChI=1S/C14H18N2O4S/c17-7-3-4-11-8-12(10-15-9-11)21(19,20)16-13-5-1-2-6-14(13)18/h8-10,13-14,16-18H,1-2,5-7H2. The Labute approximate surface area is 124 Å². The molecule has 0 amide bonds. The molecule has 7 heteroatoms. The van der Waals surface area contributed by atoms with Crippen molar-refractivity contribution in [2.75, 3.05) is 6.61 Å². The molecule has 0 radical (unpaired) electrons. The third-order valence-corrected chi connectivity index (χ3v) is 4.83. The number of aliphatic hydroxyl groups excluding tert-OH is 2. The van der Waals surface area contributed by atoms with Crippen LogP contribution in [0.1, 0.15) is 31.2 Å². The van der Waals surface area contributed by atoms with E-state index in [0.717, 1.165) is 12.8 Å². The van der Waals surface area contributed by atoms with Crippen LogP contribution in [0.5, 0.6) is 0 Å². The van der Waals surface area contributed by atoms with Crippen LogP contribution in [-0.4, -0.2) is 42.4 Å². The molecular weight excluding hydrogens is 292 g/mol. The number of aromatic nitrogens is 1. The van der Waals surface area contributed by atoms with Gasteiger partial charge in [-0.25, -0.2) is 13.1 Å². The van der Waals surface area contributed by atoms with Crippen LogP contribution < -0.4 is 4.72 Å². The van der Waals surface area contributed by atoms with Crippen LogP contribution in [0.4, 0.5) is 0 Å². The molecule has 1 aliphatic rings. The molecular formula is C14H18N2O4S. The summed E-state index contributed by atoms with van der Waals surface area (Å²) in [6.07, 6.45) is 5.04. The van der Waals surface area contributed by atoms with Crippen LogP contribution in [0.15, 0.2) is 23.4 Å². The van der Waals surface area contributed by atoms with Crippen molar-refractivity contribution in [2.45, 2.75) is 42.7 Å². The number of rotatable bonds is 3. The van der Waals surface area contributed by atoms with Crippen LogP contribution in [0, 0.1) is 11.8 Å². The SMILES string of the molecule is O=S(=O)(NC1CCCCC1O)c1cncc(C#CCO)c1. The van der Waals surface area contributed by atoms with Crippen molar-refractivity contribution >= 4 is 10.0 Å². The number of pyridine rings is 1. The molecule has 0 bridgehead atoms. The number of nitrogens with one attached hydrogen (secondary N) is 1. The van der Waals surface area contributed by atoms with Gasteiger partial charge in [-0.2, -0.15) is 0 Å². The average molecular weight is 310 g/mol. The van der Waals surface area contributed by atoms with E-state index in [9.17, 15) is 13.5 Å². The third kappa shape index (κ3) is 4.25. The Hall–Kier alpha value is -1.46. The molecule has 2 unspecified atom stereocenters. The Bertz CT molecular complexity index is 648. The minimum absolute atomic E-state index is 0.00464. The highest BCUT2D eigenvalue weighted by atomic mass is 32.2. The van der Waals surface area contributed by atoms with Crippen molar-refractivity contribution in [1.29, 1.82) is 0 Å². The summed E-state index contributed by atoms with van der Waals surface area (Å²) in [6, 6.07) is 0.934. The number of hydrogen-bond donors (Lipinski definition) is 3. The molecule has 0 spiro atoms. The highest BCUT2D eigenvalue weighted by Crippen LogP contribution is 2.20. The highest BCUT2D eigenvalue weighted by molar-refractivity contribution is 7.89. The first-order chi connectivity index (χ1) is 10.0. The monoisotopic (exact) mass is 310 g/mol. The number of sulfonamides is 1. The maximum Gasteiger partial charge on any atom is 0.242 e. The molecule has 2 atom stereocenters. The maximum absolute atomic E-state index is 12.3. The van der Waals surface area contributed by atoms with Crippen molar-refractivity contribution in [3.63, 3.8) is 0 Å². The van der Waals surface area contributed by atoms with E-state index in [2.05, 4.69) is 21.5 Å². The van der Waals surface area contributed by atoms with Gasteiger partial charge in [-0.3, -0.25) is 4.98 Å². The van der Waals surface area contributed by atoms with Gasteiger partial charge in [0.1, 0.15) is 11.5 Å². The summed E-state index contributed by atoms with van der Waals surface area (Å²) in [5.41, 5.74) is 0.413. The van der Waals surface area contributed by atoms with E-state index in [1.165, 1.54) is 18.5 Å². The Balaban J connectivity index is 2.19. The van der Waals surface area contributed by atoms with Gasteiger partial charge in [0.2, 0.25) is 10.0 Å². The van der Waals surface area contributed by atoms with Crippen molar-refractivity contribution in [1.82, 2.24) is 9.71 Å². The van der Waals surface area contributed by atoms with Gasteiger partial charge in [0.05, 0.1) is 6.10 Å². The minimum atomic E-state index is -3.74. The molecule has 1 heterocycles. The van der Waals surface area contributed by atoms with E-state index in [0.29, 0.717) is 18.4 Å². The second-order valence-electron chi connectivity index (χ2n) is 4.95. The Morgan fingerprint density at radius 2 is 2.10 bits per heavy atom. The molecule has 1 aromatic heterocycles. The molecule has 2 rings (SSSR count). The fourth-order valence-electron chi connectivity index (χ4n) is 2.29. The first-order valence-corrected chi connectivity index (χ1v) is 8.26. The van der Waals surface area contributed by atoms with Gasteiger partial charge in [0.15, 0.2) is 0 Å². The first-order valence-electron chi connectivity index (χ1n) is 6.78. The molecule has 1 aliphatic carbocycles. The van der Waals surface area contributed by atoms with Crippen molar-refractivity contribution in [3.05, 3.63) is 24.0 Å². The second kappa shape index (κ2) is 7.00. The number of aliphatic hydroxyl groups is 2. The van der Waals surface area contributed by atoms with Crippen LogP contribution in [0.25, 0.3) is 0 Å². The molecule has 0 aromatic carbocycles. The fraction of sp³-hybridized carbons (Fsp3) is 0.500. The largest absolute Gasteiger partial charge is 0.391 e. The zero-order valence-electron chi connectivity index (χ0n) is 11.5. The zero-order valence-corrected chi connectivity index (χ0v) is 12.3.